The number of hydrogen-bond donors (Lipinski definition) is 0. The van der Waals surface area contributed by atoms with E-state index in [0.717, 1.165) is 11.6 Å². The van der Waals surface area contributed by atoms with Crippen LogP contribution in [0.5, 0.6) is 0 Å². The van der Waals surface area contributed by atoms with Crippen LogP contribution in [0.1, 0.15) is 36.3 Å². The van der Waals surface area contributed by atoms with Crippen molar-refractivity contribution in [3.8, 4) is 0 Å². The summed E-state index contributed by atoms with van der Waals surface area (Å²) in [5.41, 5.74) is 1.30. The Kier molecular flexibility index (Phi) is 3.93. The van der Waals surface area contributed by atoms with E-state index in [-0.39, 0.29) is 0 Å². The first-order valence-corrected chi connectivity index (χ1v) is 6.76. The summed E-state index contributed by atoms with van der Waals surface area (Å²) in [4.78, 5) is 12.4. The molecule has 0 bridgehead atoms. The molecule has 4 heteroatoms. The van der Waals surface area contributed by atoms with E-state index >= 15 is 0 Å². The second-order valence-corrected chi connectivity index (χ2v) is 5.55. The third-order valence-electron chi connectivity index (χ3n) is 2.73. The van der Waals surface area contributed by atoms with Crippen molar-refractivity contribution in [2.24, 2.45) is 4.99 Å². The van der Waals surface area contributed by atoms with Gasteiger partial charge in [0, 0.05) is 19.0 Å². The number of aromatic nitrogens is 1. The Morgan fingerprint density at radius 3 is 2.69 bits per heavy atom. The van der Waals surface area contributed by atoms with Gasteiger partial charge in [0.1, 0.15) is 0 Å². The molecule has 0 N–H and O–H groups in total. The average Bonchev–Trinajstić information content (AvgIpc) is 2.57. The second-order valence-electron chi connectivity index (χ2n) is 4.49. The molecule has 0 aliphatic heterocycles. The second kappa shape index (κ2) is 5.43. The molecule has 16 heavy (non-hydrogen) atoms. The number of aliphatic imine (C=N–C) groups is 1. The van der Waals surface area contributed by atoms with E-state index < -0.39 is 0 Å². The quantitative estimate of drug-likeness (QED) is 0.584. The fourth-order valence-electron chi connectivity index (χ4n) is 1.91. The van der Waals surface area contributed by atoms with Gasteiger partial charge >= 0.3 is 0 Å². The molecule has 0 radical (unpaired) electrons. The standard InChI is InChI=1S/C12H19N3S/c1-15(2)9-13-12-14-10-7-5-3-4-6-8-11(10)16-12/h9H,3-8H2,1-2H3/b13-9+. The molecular formula is C12H19N3S. The Labute approximate surface area is 101 Å². The van der Waals surface area contributed by atoms with Crippen LogP contribution in [-0.4, -0.2) is 30.3 Å². The SMILES string of the molecule is CN(C)/C=N/c1nc2c(s1)CCCCCC2. The number of nitrogens with zero attached hydrogens (tertiary/aromatic N) is 3. The van der Waals surface area contributed by atoms with E-state index in [1.54, 1.807) is 11.3 Å². The van der Waals surface area contributed by atoms with Gasteiger partial charge in [0.05, 0.1) is 12.0 Å². The number of fused-ring (bicyclic) bond motifs is 1. The van der Waals surface area contributed by atoms with E-state index in [1.807, 2.05) is 25.3 Å². The molecule has 0 amide bonds. The first-order chi connectivity index (χ1) is 7.75. The summed E-state index contributed by atoms with van der Waals surface area (Å²) in [5.74, 6) is 0. The molecule has 0 saturated carbocycles. The Hall–Kier alpha value is -0.900. The summed E-state index contributed by atoms with van der Waals surface area (Å²) >= 11 is 1.76. The van der Waals surface area contributed by atoms with Crippen LogP contribution >= 0.6 is 11.3 Å². The van der Waals surface area contributed by atoms with Crippen LogP contribution < -0.4 is 0 Å². The van der Waals surface area contributed by atoms with Crippen LogP contribution in [0.3, 0.4) is 0 Å². The number of aryl methyl sites for hydroxylation is 2. The van der Waals surface area contributed by atoms with Crippen molar-refractivity contribution in [2.45, 2.75) is 38.5 Å². The van der Waals surface area contributed by atoms with Gasteiger partial charge in [0.25, 0.3) is 0 Å². The largest absolute Gasteiger partial charge is 0.369 e. The zero-order valence-electron chi connectivity index (χ0n) is 10.1. The van der Waals surface area contributed by atoms with Crippen molar-refractivity contribution in [1.82, 2.24) is 9.88 Å². The van der Waals surface area contributed by atoms with Crippen LogP contribution in [0.2, 0.25) is 0 Å². The minimum Gasteiger partial charge on any atom is -0.369 e. The van der Waals surface area contributed by atoms with Crippen LogP contribution in [0.4, 0.5) is 5.13 Å². The van der Waals surface area contributed by atoms with Crippen LogP contribution in [-0.2, 0) is 12.8 Å². The first kappa shape index (κ1) is 11.6. The molecule has 0 unspecified atom stereocenters. The van der Waals surface area contributed by atoms with Gasteiger partial charge in [-0.25, -0.2) is 9.98 Å². The average molecular weight is 237 g/mol. The highest BCUT2D eigenvalue weighted by Gasteiger charge is 2.12. The first-order valence-electron chi connectivity index (χ1n) is 5.95. The lowest BCUT2D eigenvalue weighted by atomic mass is 10.0. The summed E-state index contributed by atoms with van der Waals surface area (Å²) < 4.78 is 0. The smallest absolute Gasteiger partial charge is 0.210 e. The third kappa shape index (κ3) is 3.04. The molecular weight excluding hydrogens is 218 g/mol. The number of rotatable bonds is 2. The monoisotopic (exact) mass is 237 g/mol. The number of thiazole rings is 1. The highest BCUT2D eigenvalue weighted by Crippen LogP contribution is 2.29. The van der Waals surface area contributed by atoms with Crippen molar-refractivity contribution < 1.29 is 0 Å². The lowest BCUT2D eigenvalue weighted by Crippen LogP contribution is -2.06. The van der Waals surface area contributed by atoms with Crippen LogP contribution in [0.15, 0.2) is 4.99 Å². The Morgan fingerprint density at radius 1 is 1.19 bits per heavy atom. The predicted molar refractivity (Wildman–Crippen MR) is 69.8 cm³/mol. The van der Waals surface area contributed by atoms with Gasteiger partial charge in [0.15, 0.2) is 0 Å². The molecule has 1 aliphatic carbocycles. The summed E-state index contributed by atoms with van der Waals surface area (Å²) in [5, 5.41) is 0.917. The maximum atomic E-state index is 4.62. The summed E-state index contributed by atoms with van der Waals surface area (Å²) in [6.45, 7) is 0. The molecule has 0 fully saturated rings. The summed E-state index contributed by atoms with van der Waals surface area (Å²) in [6.07, 6.45) is 9.49. The van der Waals surface area contributed by atoms with Crippen LogP contribution in [0.25, 0.3) is 0 Å². The van der Waals surface area contributed by atoms with Gasteiger partial charge in [-0.15, -0.1) is 0 Å². The van der Waals surface area contributed by atoms with Crippen molar-refractivity contribution in [2.75, 3.05) is 14.1 Å². The Morgan fingerprint density at radius 2 is 1.94 bits per heavy atom. The van der Waals surface area contributed by atoms with Gasteiger partial charge in [-0.3, -0.25) is 0 Å². The Balaban J connectivity index is 2.14. The summed E-state index contributed by atoms with van der Waals surface area (Å²) in [6, 6.07) is 0. The lowest BCUT2D eigenvalue weighted by Gasteiger charge is -2.06. The van der Waals surface area contributed by atoms with E-state index in [1.165, 1.54) is 42.7 Å². The number of hydrogen-bond acceptors (Lipinski definition) is 3. The maximum absolute atomic E-state index is 4.62. The highest BCUT2D eigenvalue weighted by atomic mass is 32.1. The molecule has 88 valence electrons. The van der Waals surface area contributed by atoms with Crippen molar-refractivity contribution in [3.63, 3.8) is 0 Å². The van der Waals surface area contributed by atoms with E-state index in [0.29, 0.717) is 0 Å². The highest BCUT2D eigenvalue weighted by molar-refractivity contribution is 7.15. The minimum atomic E-state index is 0.917. The topological polar surface area (TPSA) is 28.5 Å². The van der Waals surface area contributed by atoms with Gasteiger partial charge in [-0.05, 0) is 25.7 Å². The fraction of sp³-hybridized carbons (Fsp3) is 0.667. The van der Waals surface area contributed by atoms with Gasteiger partial charge in [-0.2, -0.15) is 0 Å². The minimum absolute atomic E-state index is 0.917. The molecule has 0 saturated heterocycles. The summed E-state index contributed by atoms with van der Waals surface area (Å²) in [7, 11) is 3.96. The zero-order valence-corrected chi connectivity index (χ0v) is 10.9. The maximum Gasteiger partial charge on any atom is 0.210 e. The van der Waals surface area contributed by atoms with Crippen molar-refractivity contribution >= 4 is 22.8 Å². The molecule has 1 aliphatic rings. The van der Waals surface area contributed by atoms with Crippen molar-refractivity contribution in [3.05, 3.63) is 10.6 Å². The molecule has 0 spiro atoms. The molecule has 0 aromatic carbocycles. The van der Waals surface area contributed by atoms with E-state index in [9.17, 15) is 0 Å². The molecule has 1 aromatic heterocycles. The zero-order chi connectivity index (χ0) is 11.4. The van der Waals surface area contributed by atoms with Crippen LogP contribution in [0, 0.1) is 0 Å². The predicted octanol–water partition coefficient (Wildman–Crippen LogP) is 3.02. The molecule has 2 rings (SSSR count). The third-order valence-corrected chi connectivity index (χ3v) is 3.80. The van der Waals surface area contributed by atoms with Crippen molar-refractivity contribution in [1.29, 1.82) is 0 Å². The van der Waals surface area contributed by atoms with Gasteiger partial charge in [-0.1, -0.05) is 24.2 Å². The normalized spacial score (nSPS) is 16.9. The van der Waals surface area contributed by atoms with Gasteiger partial charge in [0.2, 0.25) is 5.13 Å². The fourth-order valence-corrected chi connectivity index (χ4v) is 2.90. The lowest BCUT2D eigenvalue weighted by molar-refractivity contribution is 0.615. The van der Waals surface area contributed by atoms with E-state index in [2.05, 4.69) is 9.98 Å². The molecule has 1 heterocycles. The molecule has 1 aromatic rings. The molecule has 0 atom stereocenters. The Bertz CT molecular complexity index is 343. The van der Waals surface area contributed by atoms with Gasteiger partial charge < -0.3 is 4.90 Å². The molecule has 3 nitrogen and oxygen atoms in total. The van der Waals surface area contributed by atoms with E-state index in [4.69, 9.17) is 0 Å².